The molecule has 3 nitrogen and oxygen atoms in total. The minimum absolute atomic E-state index is 0.0891. The van der Waals surface area contributed by atoms with Gasteiger partial charge in [-0.25, -0.2) is 0 Å². The minimum atomic E-state index is -0.0891. The molecule has 0 amide bonds. The first-order valence-corrected chi connectivity index (χ1v) is 2.20. The lowest BCUT2D eigenvalue weighted by atomic mass is 9.96. The summed E-state index contributed by atoms with van der Waals surface area (Å²) in [6.07, 6.45) is 0. The molecule has 0 radical (unpaired) electrons. The monoisotopic (exact) mass is 102 g/mol. The summed E-state index contributed by atoms with van der Waals surface area (Å²) in [5.41, 5.74) is 0. The molecule has 1 heterocycles. The van der Waals surface area contributed by atoms with E-state index in [4.69, 9.17) is 14.0 Å². The van der Waals surface area contributed by atoms with Crippen molar-refractivity contribution in [2.75, 3.05) is 13.6 Å². The lowest BCUT2D eigenvalue weighted by Gasteiger charge is -2.16. The fourth-order valence-electron chi connectivity index (χ4n) is 0.370. The van der Waals surface area contributed by atoms with Crippen LogP contribution >= 0.6 is 0 Å². The van der Waals surface area contributed by atoms with Gasteiger partial charge in [-0.1, -0.05) is 0 Å². The van der Waals surface area contributed by atoms with Crippen LogP contribution in [0.1, 0.15) is 0 Å². The quantitative estimate of drug-likeness (QED) is 0.405. The van der Waals surface area contributed by atoms with E-state index in [1.54, 1.807) is 0 Å². The first-order valence-electron chi connectivity index (χ1n) is 2.20. The van der Waals surface area contributed by atoms with Crippen LogP contribution in [0.5, 0.6) is 0 Å². The van der Waals surface area contributed by atoms with Gasteiger partial charge >= 0.3 is 7.12 Å². The third kappa shape index (κ3) is 1.47. The molecule has 0 bridgehead atoms. The summed E-state index contributed by atoms with van der Waals surface area (Å²) in [5, 5.41) is 0. The second-order valence-corrected chi connectivity index (χ2v) is 1.34. The molecule has 1 aliphatic heterocycles. The predicted octanol–water partition coefficient (Wildman–Crippen LogP) is 0.0828. The average molecular weight is 102 g/mol. The average Bonchev–Trinajstić information content (AvgIpc) is 1.69. The van der Waals surface area contributed by atoms with Crippen molar-refractivity contribution < 1.29 is 14.0 Å². The van der Waals surface area contributed by atoms with Crippen LogP contribution in [-0.4, -0.2) is 20.7 Å². The third-order valence-electron chi connectivity index (χ3n) is 0.772. The Bertz CT molecular complexity index is 52.1. The van der Waals surface area contributed by atoms with Crippen molar-refractivity contribution in [3.05, 3.63) is 0 Å². The number of hydrogen-bond donors (Lipinski definition) is 0. The standard InChI is InChI=1S/C3H7BO3/c1-4-6-2-5-3-7-4/h2-3H2,1H3. The summed E-state index contributed by atoms with van der Waals surface area (Å²) < 4.78 is 14.4. The number of ether oxygens (including phenoxy) is 1. The maximum Gasteiger partial charge on any atom is 0.456 e. The Morgan fingerprint density at radius 2 is 1.86 bits per heavy atom. The predicted molar refractivity (Wildman–Crippen MR) is 24.6 cm³/mol. The van der Waals surface area contributed by atoms with E-state index in [1.165, 1.54) is 0 Å². The summed E-state index contributed by atoms with van der Waals surface area (Å²) in [5.74, 6) is 0. The molecule has 0 spiro atoms. The molecule has 4 heteroatoms. The van der Waals surface area contributed by atoms with E-state index in [2.05, 4.69) is 0 Å². The maximum absolute atomic E-state index is 4.83. The zero-order valence-corrected chi connectivity index (χ0v) is 4.22. The van der Waals surface area contributed by atoms with E-state index < -0.39 is 0 Å². The largest absolute Gasteiger partial charge is 0.456 e. The molecule has 1 fully saturated rings. The molecule has 40 valence electrons. The highest BCUT2D eigenvalue weighted by molar-refractivity contribution is 6.42. The molecule has 0 aromatic heterocycles. The molecule has 1 aliphatic rings. The maximum atomic E-state index is 4.83. The van der Waals surface area contributed by atoms with E-state index in [-0.39, 0.29) is 7.12 Å². The minimum Gasteiger partial charge on any atom is -0.388 e. The van der Waals surface area contributed by atoms with Gasteiger partial charge in [0.2, 0.25) is 0 Å². The van der Waals surface area contributed by atoms with Crippen LogP contribution < -0.4 is 0 Å². The van der Waals surface area contributed by atoms with Crippen molar-refractivity contribution in [3.8, 4) is 0 Å². The zero-order chi connectivity index (χ0) is 5.11. The fourth-order valence-corrected chi connectivity index (χ4v) is 0.370. The molecule has 0 N–H and O–H groups in total. The zero-order valence-electron chi connectivity index (χ0n) is 4.22. The topological polar surface area (TPSA) is 27.7 Å². The molecule has 0 saturated carbocycles. The van der Waals surface area contributed by atoms with Gasteiger partial charge in [-0.15, -0.1) is 0 Å². The van der Waals surface area contributed by atoms with E-state index in [9.17, 15) is 0 Å². The van der Waals surface area contributed by atoms with Gasteiger partial charge in [0.1, 0.15) is 13.6 Å². The second kappa shape index (κ2) is 2.30. The first kappa shape index (κ1) is 5.09. The number of hydrogen-bond acceptors (Lipinski definition) is 3. The first-order chi connectivity index (χ1) is 3.39. The van der Waals surface area contributed by atoms with Crippen LogP contribution in [0.25, 0.3) is 0 Å². The molecular formula is C3H7BO3. The van der Waals surface area contributed by atoms with Crippen molar-refractivity contribution in [2.45, 2.75) is 6.82 Å². The van der Waals surface area contributed by atoms with Crippen molar-refractivity contribution in [1.29, 1.82) is 0 Å². The second-order valence-electron chi connectivity index (χ2n) is 1.34. The molecule has 0 aromatic rings. The van der Waals surface area contributed by atoms with Gasteiger partial charge in [0.25, 0.3) is 0 Å². The molecule has 0 aliphatic carbocycles. The Balaban J connectivity index is 2.12. The van der Waals surface area contributed by atoms with Crippen LogP contribution in [0.4, 0.5) is 0 Å². The van der Waals surface area contributed by atoms with Crippen molar-refractivity contribution >= 4 is 7.12 Å². The van der Waals surface area contributed by atoms with Crippen LogP contribution in [0.2, 0.25) is 6.82 Å². The summed E-state index contributed by atoms with van der Waals surface area (Å²) >= 11 is 0. The van der Waals surface area contributed by atoms with Crippen molar-refractivity contribution in [1.82, 2.24) is 0 Å². The summed E-state index contributed by atoms with van der Waals surface area (Å²) in [7, 11) is -0.0891. The van der Waals surface area contributed by atoms with Crippen molar-refractivity contribution in [2.24, 2.45) is 0 Å². The molecule has 0 unspecified atom stereocenters. The van der Waals surface area contributed by atoms with Gasteiger partial charge in [0, 0.05) is 0 Å². The highest BCUT2D eigenvalue weighted by Gasteiger charge is 2.13. The van der Waals surface area contributed by atoms with Gasteiger partial charge < -0.3 is 14.0 Å². The molecule has 1 saturated heterocycles. The summed E-state index contributed by atoms with van der Waals surface area (Å²) in [6.45, 7) is 2.56. The highest BCUT2D eigenvalue weighted by Crippen LogP contribution is 1.95. The van der Waals surface area contributed by atoms with E-state index in [0.29, 0.717) is 13.6 Å². The van der Waals surface area contributed by atoms with Gasteiger partial charge in [-0.05, 0) is 6.82 Å². The lowest BCUT2D eigenvalue weighted by Crippen LogP contribution is -2.27. The smallest absolute Gasteiger partial charge is 0.388 e. The van der Waals surface area contributed by atoms with Crippen LogP contribution in [0.15, 0.2) is 0 Å². The highest BCUT2D eigenvalue weighted by atomic mass is 16.8. The van der Waals surface area contributed by atoms with Gasteiger partial charge in [-0.2, -0.15) is 0 Å². The Kier molecular flexibility index (Phi) is 1.67. The normalized spacial score (nSPS) is 22.7. The lowest BCUT2D eigenvalue weighted by molar-refractivity contribution is -0.112. The van der Waals surface area contributed by atoms with Gasteiger partial charge in [0.05, 0.1) is 0 Å². The van der Waals surface area contributed by atoms with Gasteiger partial charge in [-0.3, -0.25) is 0 Å². The Morgan fingerprint density at radius 3 is 2.14 bits per heavy atom. The third-order valence-corrected chi connectivity index (χ3v) is 0.772. The van der Waals surface area contributed by atoms with E-state index in [0.717, 1.165) is 0 Å². The molecular weight excluding hydrogens is 94.8 g/mol. The molecule has 1 rings (SSSR count). The van der Waals surface area contributed by atoms with Gasteiger partial charge in [0.15, 0.2) is 0 Å². The summed E-state index contributed by atoms with van der Waals surface area (Å²) in [4.78, 5) is 0. The van der Waals surface area contributed by atoms with Crippen LogP contribution in [0.3, 0.4) is 0 Å². The molecule has 0 atom stereocenters. The molecule has 7 heavy (non-hydrogen) atoms. The van der Waals surface area contributed by atoms with E-state index >= 15 is 0 Å². The Hall–Kier alpha value is -0.0551. The van der Waals surface area contributed by atoms with Crippen LogP contribution in [-0.2, 0) is 14.0 Å². The summed E-state index contributed by atoms with van der Waals surface area (Å²) in [6, 6.07) is 0. The Morgan fingerprint density at radius 1 is 1.29 bits per heavy atom. The van der Waals surface area contributed by atoms with Crippen LogP contribution in [0, 0.1) is 0 Å². The SMILES string of the molecule is CB1OCOCO1. The number of rotatable bonds is 0. The fraction of sp³-hybridized carbons (Fsp3) is 1.00. The van der Waals surface area contributed by atoms with E-state index in [1.807, 2.05) is 6.82 Å². The molecule has 0 aromatic carbocycles. The Labute approximate surface area is 42.7 Å². The van der Waals surface area contributed by atoms with Crippen molar-refractivity contribution in [3.63, 3.8) is 0 Å².